The van der Waals surface area contributed by atoms with Crippen LogP contribution in [0.5, 0.6) is 0 Å². The number of hydrazine groups is 1. The van der Waals surface area contributed by atoms with Crippen molar-refractivity contribution in [1.82, 2.24) is 20.2 Å². The van der Waals surface area contributed by atoms with E-state index >= 15 is 0 Å². The van der Waals surface area contributed by atoms with Crippen LogP contribution in [-0.4, -0.2) is 89.9 Å². The van der Waals surface area contributed by atoms with Crippen LogP contribution in [0.3, 0.4) is 0 Å². The molecule has 8 heteroatoms. The molecule has 0 aromatic carbocycles. The largest absolute Gasteiger partial charge is 0.446 e. The average molecular weight is 435 g/mol. The van der Waals surface area contributed by atoms with Gasteiger partial charge in [-0.2, -0.15) is 0 Å². The molecule has 2 aliphatic carbocycles. The van der Waals surface area contributed by atoms with Crippen molar-refractivity contribution < 1.29 is 19.1 Å². The van der Waals surface area contributed by atoms with E-state index in [0.29, 0.717) is 31.6 Å². The number of hydrogen-bond acceptors (Lipinski definition) is 6. The monoisotopic (exact) mass is 434 g/mol. The van der Waals surface area contributed by atoms with Gasteiger partial charge in [0.2, 0.25) is 5.91 Å². The van der Waals surface area contributed by atoms with Gasteiger partial charge in [-0.1, -0.05) is 0 Å². The van der Waals surface area contributed by atoms with Gasteiger partial charge in [0.05, 0.1) is 25.3 Å². The molecule has 8 nitrogen and oxygen atoms in total. The summed E-state index contributed by atoms with van der Waals surface area (Å²) in [7, 11) is 0. The van der Waals surface area contributed by atoms with Gasteiger partial charge in [-0.3, -0.25) is 10.2 Å². The van der Waals surface area contributed by atoms with Gasteiger partial charge in [-0.25, -0.2) is 9.80 Å². The molecule has 2 amide bonds. The van der Waals surface area contributed by atoms with Gasteiger partial charge in [0.25, 0.3) is 0 Å². The van der Waals surface area contributed by atoms with Crippen molar-refractivity contribution in [3.63, 3.8) is 0 Å². The first-order chi connectivity index (χ1) is 15.0. The molecule has 0 aromatic heterocycles. The number of rotatable bonds is 3. The number of nitrogens with zero attached hydrogens (tertiary/aromatic N) is 3. The first-order valence-electron chi connectivity index (χ1n) is 12.3. The Morgan fingerprint density at radius 2 is 1.74 bits per heavy atom. The van der Waals surface area contributed by atoms with Crippen molar-refractivity contribution in [2.75, 3.05) is 32.8 Å². The fraction of sp³-hybridized carbons (Fsp3) is 0.913. The van der Waals surface area contributed by atoms with Crippen LogP contribution in [0, 0.1) is 11.8 Å². The van der Waals surface area contributed by atoms with Crippen LogP contribution >= 0.6 is 0 Å². The molecule has 5 rings (SSSR count). The van der Waals surface area contributed by atoms with E-state index in [1.807, 2.05) is 9.80 Å². The first kappa shape index (κ1) is 21.5. The zero-order valence-corrected chi connectivity index (χ0v) is 19.0. The molecule has 0 radical (unpaired) electrons. The maximum Gasteiger partial charge on any atom is 0.410 e. The Kier molecular flexibility index (Phi) is 6.14. The van der Waals surface area contributed by atoms with Crippen LogP contribution in [0.2, 0.25) is 0 Å². The number of carbonyl (C=O) groups excluding carboxylic acids is 2. The SMILES string of the molecule is CC(=O)N1C2CCC(C3CNN(C4CC4)C3)CC2N(C(=O)OC2CCOCC2)C[C@@H]1C. The number of fused-ring (bicyclic) bond motifs is 1. The van der Waals surface area contributed by atoms with E-state index in [0.717, 1.165) is 51.2 Å². The Morgan fingerprint density at radius 3 is 2.45 bits per heavy atom. The molecule has 2 saturated carbocycles. The highest BCUT2D eigenvalue weighted by Gasteiger charge is 2.49. The lowest BCUT2D eigenvalue weighted by atomic mass is 9.73. The quantitative estimate of drug-likeness (QED) is 0.732. The lowest BCUT2D eigenvalue weighted by molar-refractivity contribution is -0.143. The number of carbonyl (C=O) groups is 2. The van der Waals surface area contributed by atoms with E-state index in [2.05, 4.69) is 17.4 Å². The highest BCUT2D eigenvalue weighted by Crippen LogP contribution is 2.41. The molecule has 31 heavy (non-hydrogen) atoms. The summed E-state index contributed by atoms with van der Waals surface area (Å²) < 4.78 is 11.3. The van der Waals surface area contributed by atoms with Crippen molar-refractivity contribution >= 4 is 12.0 Å². The highest BCUT2D eigenvalue weighted by atomic mass is 16.6. The summed E-state index contributed by atoms with van der Waals surface area (Å²) >= 11 is 0. The van der Waals surface area contributed by atoms with Crippen LogP contribution in [0.1, 0.15) is 58.8 Å². The summed E-state index contributed by atoms with van der Waals surface area (Å²) in [5.74, 6) is 1.33. The minimum Gasteiger partial charge on any atom is -0.446 e. The number of ether oxygens (including phenoxy) is 2. The van der Waals surface area contributed by atoms with Crippen molar-refractivity contribution in [1.29, 1.82) is 0 Å². The second kappa shape index (κ2) is 8.87. The fourth-order valence-corrected chi connectivity index (χ4v) is 6.44. The standard InChI is InChI=1S/C23H38N4O4/c1-15-13-25(23(29)31-20-7-9-30-10-8-20)22-11-17(3-6-21(22)27(15)16(2)28)18-12-24-26(14-18)19-4-5-19/h15,17-22,24H,3-14H2,1-2H3/t15-,17?,18?,21?,22?/m0/s1. The van der Waals surface area contributed by atoms with Crippen LogP contribution in [0.25, 0.3) is 0 Å². The normalized spacial score (nSPS) is 37.5. The fourth-order valence-electron chi connectivity index (χ4n) is 6.44. The highest BCUT2D eigenvalue weighted by molar-refractivity contribution is 5.75. The lowest BCUT2D eigenvalue weighted by Gasteiger charge is -2.54. The average Bonchev–Trinajstić information content (AvgIpc) is 3.49. The molecule has 0 spiro atoms. The first-order valence-corrected chi connectivity index (χ1v) is 12.3. The minimum atomic E-state index is -0.193. The van der Waals surface area contributed by atoms with Gasteiger partial charge in [-0.05, 0) is 50.9 Å². The van der Waals surface area contributed by atoms with E-state index in [1.165, 1.54) is 12.8 Å². The third-order valence-electron chi connectivity index (χ3n) is 8.19. The molecule has 1 N–H and O–H groups in total. The van der Waals surface area contributed by atoms with Crippen LogP contribution < -0.4 is 5.43 Å². The predicted molar refractivity (Wildman–Crippen MR) is 115 cm³/mol. The van der Waals surface area contributed by atoms with Gasteiger partial charge in [0.15, 0.2) is 0 Å². The Balaban J connectivity index is 1.30. The molecule has 5 aliphatic rings. The van der Waals surface area contributed by atoms with Crippen LogP contribution in [-0.2, 0) is 14.3 Å². The van der Waals surface area contributed by atoms with Crippen LogP contribution in [0.15, 0.2) is 0 Å². The molecule has 3 saturated heterocycles. The Hall–Kier alpha value is -1.38. The summed E-state index contributed by atoms with van der Waals surface area (Å²) in [6, 6.07) is 0.918. The van der Waals surface area contributed by atoms with Gasteiger partial charge in [-0.15, -0.1) is 0 Å². The van der Waals surface area contributed by atoms with Crippen molar-refractivity contribution in [3.8, 4) is 0 Å². The summed E-state index contributed by atoms with van der Waals surface area (Å²) in [5, 5.41) is 2.44. The molecular formula is C23H38N4O4. The molecular weight excluding hydrogens is 396 g/mol. The van der Waals surface area contributed by atoms with E-state index in [-0.39, 0.29) is 36.2 Å². The molecule has 5 atom stereocenters. The van der Waals surface area contributed by atoms with Gasteiger partial charge in [0, 0.05) is 51.5 Å². The Morgan fingerprint density at radius 1 is 0.968 bits per heavy atom. The van der Waals surface area contributed by atoms with Crippen molar-refractivity contribution in [2.24, 2.45) is 11.8 Å². The number of amides is 2. The lowest BCUT2D eigenvalue weighted by Crippen LogP contribution is -2.67. The molecule has 3 aliphatic heterocycles. The maximum atomic E-state index is 13.3. The second-order valence-electron chi connectivity index (χ2n) is 10.3. The number of hydrogen-bond donors (Lipinski definition) is 1. The Labute approximate surface area is 185 Å². The smallest absolute Gasteiger partial charge is 0.410 e. The summed E-state index contributed by atoms with van der Waals surface area (Å²) in [4.78, 5) is 29.8. The maximum absolute atomic E-state index is 13.3. The summed E-state index contributed by atoms with van der Waals surface area (Å²) in [6.07, 6.45) is 7.00. The van der Waals surface area contributed by atoms with E-state index < -0.39 is 0 Å². The summed E-state index contributed by atoms with van der Waals surface area (Å²) in [6.45, 7) is 7.77. The Bertz CT molecular complexity index is 680. The molecule has 3 heterocycles. The second-order valence-corrected chi connectivity index (χ2v) is 10.3. The van der Waals surface area contributed by atoms with Gasteiger partial charge < -0.3 is 19.3 Å². The molecule has 5 fully saturated rings. The van der Waals surface area contributed by atoms with E-state index in [1.54, 1.807) is 6.92 Å². The van der Waals surface area contributed by atoms with Crippen LogP contribution in [0.4, 0.5) is 4.79 Å². The number of nitrogens with one attached hydrogen (secondary N) is 1. The van der Waals surface area contributed by atoms with E-state index in [9.17, 15) is 9.59 Å². The van der Waals surface area contributed by atoms with Crippen molar-refractivity contribution in [2.45, 2.75) is 89.1 Å². The zero-order valence-electron chi connectivity index (χ0n) is 19.0. The van der Waals surface area contributed by atoms with Crippen molar-refractivity contribution in [3.05, 3.63) is 0 Å². The van der Waals surface area contributed by atoms with Gasteiger partial charge in [0.1, 0.15) is 6.10 Å². The third kappa shape index (κ3) is 4.44. The molecule has 0 aromatic rings. The predicted octanol–water partition coefficient (Wildman–Crippen LogP) is 1.99. The van der Waals surface area contributed by atoms with Gasteiger partial charge >= 0.3 is 6.09 Å². The zero-order chi connectivity index (χ0) is 21.5. The molecule has 4 unspecified atom stereocenters. The third-order valence-corrected chi connectivity index (χ3v) is 8.19. The topological polar surface area (TPSA) is 74.4 Å². The minimum absolute atomic E-state index is 0.0241. The molecule has 0 bridgehead atoms. The molecule has 174 valence electrons. The summed E-state index contributed by atoms with van der Waals surface area (Å²) in [5.41, 5.74) is 3.61. The van der Waals surface area contributed by atoms with E-state index in [4.69, 9.17) is 9.47 Å². The number of piperazine rings is 1.